The monoisotopic (exact) mass is 296 g/mol. The minimum atomic E-state index is 0.146. The molecule has 0 spiro atoms. The van der Waals surface area contributed by atoms with E-state index < -0.39 is 0 Å². The Hall–Kier alpha value is -2.29. The fraction of sp³-hybridized carbons (Fsp3) is 0.316. The van der Waals surface area contributed by atoms with E-state index >= 15 is 0 Å². The van der Waals surface area contributed by atoms with Gasteiger partial charge in [0.2, 0.25) is 5.91 Å². The molecule has 0 aliphatic heterocycles. The van der Waals surface area contributed by atoms with Gasteiger partial charge in [-0.05, 0) is 36.1 Å². The summed E-state index contributed by atoms with van der Waals surface area (Å²) in [5.41, 5.74) is 8.67. The van der Waals surface area contributed by atoms with E-state index in [9.17, 15) is 4.79 Å². The zero-order chi connectivity index (χ0) is 15.9. The lowest BCUT2D eigenvalue weighted by Gasteiger charge is -2.27. The Morgan fingerprint density at radius 1 is 1.05 bits per heavy atom. The van der Waals surface area contributed by atoms with Gasteiger partial charge >= 0.3 is 0 Å². The Kier molecular flexibility index (Phi) is 5.59. The molecule has 3 heteroatoms. The van der Waals surface area contributed by atoms with E-state index in [1.165, 1.54) is 5.56 Å². The number of benzene rings is 2. The van der Waals surface area contributed by atoms with E-state index in [1.807, 2.05) is 54.4 Å². The maximum Gasteiger partial charge on any atom is 0.226 e. The molecule has 2 N–H and O–H groups in total. The summed E-state index contributed by atoms with van der Waals surface area (Å²) >= 11 is 0. The molecule has 116 valence electrons. The summed E-state index contributed by atoms with van der Waals surface area (Å²) in [6.07, 6.45) is 2.25. The van der Waals surface area contributed by atoms with Gasteiger partial charge in [0.25, 0.3) is 0 Å². The minimum absolute atomic E-state index is 0.146. The van der Waals surface area contributed by atoms with Gasteiger partial charge in [0.05, 0.1) is 6.42 Å². The molecule has 22 heavy (non-hydrogen) atoms. The van der Waals surface area contributed by atoms with Crippen molar-refractivity contribution in [3.05, 3.63) is 65.7 Å². The first-order chi connectivity index (χ1) is 10.6. The lowest BCUT2D eigenvalue weighted by molar-refractivity contribution is -0.131. The summed E-state index contributed by atoms with van der Waals surface area (Å²) in [4.78, 5) is 14.4. The van der Waals surface area contributed by atoms with Crippen molar-refractivity contribution in [2.24, 2.45) is 0 Å². The number of hydrogen-bond donors (Lipinski definition) is 1. The van der Waals surface area contributed by atoms with Crippen LogP contribution in [0.25, 0.3) is 0 Å². The van der Waals surface area contributed by atoms with Gasteiger partial charge in [0.1, 0.15) is 0 Å². The molecule has 0 aliphatic rings. The molecule has 0 aromatic heterocycles. The molecule has 2 aromatic rings. The number of likely N-dealkylation sites (N-methyl/N-ethyl adjacent to an activating group) is 1. The molecule has 0 radical (unpaired) electrons. The number of rotatable bonds is 6. The summed E-state index contributed by atoms with van der Waals surface area (Å²) in [6.45, 7) is 2.13. The molecular weight excluding hydrogens is 272 g/mol. The van der Waals surface area contributed by atoms with Gasteiger partial charge in [-0.15, -0.1) is 0 Å². The minimum Gasteiger partial charge on any atom is -0.399 e. The summed E-state index contributed by atoms with van der Waals surface area (Å²) in [5.74, 6) is 0.146. The molecular formula is C19H24N2O. The third-order valence-corrected chi connectivity index (χ3v) is 4.06. The molecule has 0 saturated carbocycles. The van der Waals surface area contributed by atoms with Gasteiger partial charge in [-0.3, -0.25) is 4.79 Å². The number of nitrogens with two attached hydrogens (primary N) is 1. The van der Waals surface area contributed by atoms with Crippen LogP contribution in [0.2, 0.25) is 0 Å². The molecule has 0 bridgehead atoms. The molecule has 0 heterocycles. The van der Waals surface area contributed by atoms with Crippen LogP contribution in [0.4, 0.5) is 5.69 Å². The van der Waals surface area contributed by atoms with Gasteiger partial charge < -0.3 is 10.6 Å². The van der Waals surface area contributed by atoms with Crippen LogP contribution >= 0.6 is 0 Å². The van der Waals surface area contributed by atoms with Crippen LogP contribution in [-0.4, -0.2) is 23.9 Å². The molecule has 2 rings (SSSR count). The van der Waals surface area contributed by atoms with E-state index in [4.69, 9.17) is 5.73 Å². The van der Waals surface area contributed by atoms with Crippen molar-refractivity contribution < 1.29 is 4.79 Å². The maximum atomic E-state index is 12.5. The van der Waals surface area contributed by atoms with Crippen molar-refractivity contribution in [2.45, 2.75) is 32.2 Å². The predicted molar refractivity (Wildman–Crippen MR) is 91.6 cm³/mol. The van der Waals surface area contributed by atoms with E-state index in [2.05, 4.69) is 19.1 Å². The highest BCUT2D eigenvalue weighted by Gasteiger charge is 2.18. The smallest absolute Gasteiger partial charge is 0.226 e. The number of anilines is 1. The third kappa shape index (κ3) is 4.35. The first kappa shape index (κ1) is 16.1. The molecule has 1 atom stereocenters. The second-order valence-corrected chi connectivity index (χ2v) is 5.67. The normalized spacial score (nSPS) is 11.9. The first-order valence-corrected chi connectivity index (χ1v) is 7.74. The molecule has 3 nitrogen and oxygen atoms in total. The van der Waals surface area contributed by atoms with E-state index in [0.717, 1.165) is 24.1 Å². The van der Waals surface area contributed by atoms with Gasteiger partial charge in [-0.25, -0.2) is 0 Å². The van der Waals surface area contributed by atoms with Crippen molar-refractivity contribution in [2.75, 3.05) is 12.8 Å². The zero-order valence-electron chi connectivity index (χ0n) is 13.3. The standard InChI is InChI=1S/C19H24N2O/c1-3-18(13-15-7-5-4-6-8-15)21(2)19(22)14-16-9-11-17(20)12-10-16/h4-12,18H,3,13-14,20H2,1-2H3. The van der Waals surface area contributed by atoms with Crippen LogP contribution in [0, 0.1) is 0 Å². The average molecular weight is 296 g/mol. The molecule has 1 amide bonds. The predicted octanol–water partition coefficient (Wildman–Crippen LogP) is 3.29. The van der Waals surface area contributed by atoms with Crippen molar-refractivity contribution >= 4 is 11.6 Å². The van der Waals surface area contributed by atoms with Crippen molar-refractivity contribution in [1.82, 2.24) is 4.90 Å². The van der Waals surface area contributed by atoms with Gasteiger partial charge in [-0.1, -0.05) is 49.4 Å². The number of carbonyl (C=O) groups excluding carboxylic acids is 1. The van der Waals surface area contributed by atoms with Crippen LogP contribution in [0.15, 0.2) is 54.6 Å². The molecule has 0 saturated heterocycles. The maximum absolute atomic E-state index is 12.5. The average Bonchev–Trinajstić information content (AvgIpc) is 2.55. The van der Waals surface area contributed by atoms with Crippen LogP contribution in [0.3, 0.4) is 0 Å². The Bertz CT molecular complexity index is 593. The van der Waals surface area contributed by atoms with Crippen LogP contribution in [-0.2, 0) is 17.6 Å². The second-order valence-electron chi connectivity index (χ2n) is 5.67. The summed E-state index contributed by atoms with van der Waals surface area (Å²) in [5, 5.41) is 0. The van der Waals surface area contributed by atoms with Crippen molar-refractivity contribution in [3.8, 4) is 0 Å². The molecule has 0 fully saturated rings. The quantitative estimate of drug-likeness (QED) is 0.831. The molecule has 1 unspecified atom stereocenters. The second kappa shape index (κ2) is 7.64. The number of nitrogen functional groups attached to an aromatic ring is 1. The van der Waals surface area contributed by atoms with E-state index in [-0.39, 0.29) is 11.9 Å². The Balaban J connectivity index is 1.99. The number of carbonyl (C=O) groups is 1. The van der Waals surface area contributed by atoms with Gasteiger partial charge in [0, 0.05) is 18.8 Å². The van der Waals surface area contributed by atoms with E-state index in [0.29, 0.717) is 6.42 Å². The van der Waals surface area contributed by atoms with Crippen molar-refractivity contribution in [3.63, 3.8) is 0 Å². The Morgan fingerprint density at radius 3 is 2.27 bits per heavy atom. The highest BCUT2D eigenvalue weighted by Crippen LogP contribution is 2.13. The SMILES string of the molecule is CCC(Cc1ccccc1)N(C)C(=O)Cc1ccc(N)cc1. The summed E-state index contributed by atoms with van der Waals surface area (Å²) in [6, 6.07) is 18.1. The highest BCUT2D eigenvalue weighted by atomic mass is 16.2. The first-order valence-electron chi connectivity index (χ1n) is 7.74. The number of hydrogen-bond acceptors (Lipinski definition) is 2. The van der Waals surface area contributed by atoms with Gasteiger partial charge in [-0.2, -0.15) is 0 Å². The lowest BCUT2D eigenvalue weighted by Crippen LogP contribution is -2.39. The third-order valence-electron chi connectivity index (χ3n) is 4.06. The van der Waals surface area contributed by atoms with Crippen LogP contribution in [0.5, 0.6) is 0 Å². The Labute approximate surface area is 132 Å². The molecule has 2 aromatic carbocycles. The number of amides is 1. The summed E-state index contributed by atoms with van der Waals surface area (Å²) < 4.78 is 0. The largest absolute Gasteiger partial charge is 0.399 e. The fourth-order valence-electron chi connectivity index (χ4n) is 2.58. The Morgan fingerprint density at radius 2 is 1.68 bits per heavy atom. The fourth-order valence-corrected chi connectivity index (χ4v) is 2.58. The summed E-state index contributed by atoms with van der Waals surface area (Å²) in [7, 11) is 1.90. The molecule has 0 aliphatic carbocycles. The lowest BCUT2D eigenvalue weighted by atomic mass is 10.0. The zero-order valence-corrected chi connectivity index (χ0v) is 13.3. The highest BCUT2D eigenvalue weighted by molar-refractivity contribution is 5.79. The number of nitrogens with zero attached hydrogens (tertiary/aromatic N) is 1. The van der Waals surface area contributed by atoms with Crippen LogP contribution in [0.1, 0.15) is 24.5 Å². The van der Waals surface area contributed by atoms with Crippen LogP contribution < -0.4 is 5.73 Å². The van der Waals surface area contributed by atoms with E-state index in [1.54, 1.807) is 0 Å². The van der Waals surface area contributed by atoms with Gasteiger partial charge in [0.15, 0.2) is 0 Å². The topological polar surface area (TPSA) is 46.3 Å². The van der Waals surface area contributed by atoms with Crippen molar-refractivity contribution in [1.29, 1.82) is 0 Å².